The Morgan fingerprint density at radius 1 is 0.967 bits per heavy atom. The second kappa shape index (κ2) is 11.0. The highest BCUT2D eigenvalue weighted by atomic mass is 35.5. The molecule has 1 aliphatic heterocycles. The molecular weight excluding hydrogens is 425 g/mol. The molecule has 1 aliphatic rings. The van der Waals surface area contributed by atoms with Gasteiger partial charge in [-0.25, -0.2) is 4.98 Å². The molecule has 7 nitrogen and oxygen atoms in total. The largest absolute Gasteiger partial charge is 0.369 e. The first-order chi connectivity index (χ1) is 13.7. The van der Waals surface area contributed by atoms with E-state index in [1.807, 2.05) is 18.2 Å². The molecule has 2 heterocycles. The van der Waals surface area contributed by atoms with Gasteiger partial charge in [0.25, 0.3) is 5.69 Å². The van der Waals surface area contributed by atoms with Gasteiger partial charge < -0.3 is 10.2 Å². The Hall–Kier alpha value is -2.61. The van der Waals surface area contributed by atoms with Gasteiger partial charge in [-0.2, -0.15) is 0 Å². The van der Waals surface area contributed by atoms with Crippen molar-refractivity contribution in [3.8, 4) is 0 Å². The van der Waals surface area contributed by atoms with Crippen LogP contribution in [0.1, 0.15) is 0 Å². The van der Waals surface area contributed by atoms with Crippen LogP contribution in [0.15, 0.2) is 60.7 Å². The average Bonchev–Trinajstić information content (AvgIpc) is 2.74. The van der Waals surface area contributed by atoms with E-state index < -0.39 is 0 Å². The van der Waals surface area contributed by atoms with Gasteiger partial charge in [0.1, 0.15) is 5.82 Å². The van der Waals surface area contributed by atoms with E-state index in [9.17, 15) is 10.1 Å². The van der Waals surface area contributed by atoms with Gasteiger partial charge in [0, 0.05) is 62.5 Å². The van der Waals surface area contributed by atoms with Crippen molar-refractivity contribution in [3.63, 3.8) is 0 Å². The molecule has 30 heavy (non-hydrogen) atoms. The van der Waals surface area contributed by atoms with Crippen LogP contribution in [0.5, 0.6) is 0 Å². The molecule has 0 unspecified atom stereocenters. The van der Waals surface area contributed by atoms with E-state index in [1.54, 1.807) is 12.1 Å². The van der Waals surface area contributed by atoms with Crippen LogP contribution in [0.2, 0.25) is 0 Å². The number of para-hydroxylation sites is 1. The Labute approximate surface area is 188 Å². The maximum Gasteiger partial charge on any atom is 0.270 e. The molecule has 0 radical (unpaired) electrons. The lowest BCUT2D eigenvalue weighted by Gasteiger charge is -2.36. The molecular formula is C21H25Cl2N5O2. The van der Waals surface area contributed by atoms with Crippen LogP contribution in [0, 0.1) is 10.1 Å². The van der Waals surface area contributed by atoms with E-state index in [0.29, 0.717) is 0 Å². The molecule has 4 rings (SSSR count). The predicted octanol–water partition coefficient (Wildman–Crippen LogP) is 4.22. The molecule has 2 aromatic carbocycles. The summed E-state index contributed by atoms with van der Waals surface area (Å²) in [7, 11) is 0. The zero-order chi connectivity index (χ0) is 19.3. The quantitative estimate of drug-likeness (QED) is 0.448. The Kier molecular flexibility index (Phi) is 8.65. The highest BCUT2D eigenvalue weighted by Crippen LogP contribution is 2.21. The van der Waals surface area contributed by atoms with Crippen LogP contribution in [0.3, 0.4) is 0 Å². The fourth-order valence-corrected chi connectivity index (χ4v) is 3.54. The third-order valence-corrected chi connectivity index (χ3v) is 5.11. The minimum Gasteiger partial charge on any atom is -0.369 e. The normalized spacial score (nSPS) is 13.9. The number of anilines is 2. The van der Waals surface area contributed by atoms with E-state index >= 15 is 0 Å². The molecule has 0 aliphatic carbocycles. The number of fused-ring (bicyclic) bond motifs is 1. The SMILES string of the molecule is Cl.Cl.O=[N+]([O-])c1ccc2nc(NCCN3CCN(c4ccccc4)CC3)ccc2c1. The summed E-state index contributed by atoms with van der Waals surface area (Å²) >= 11 is 0. The number of halogens is 2. The van der Waals surface area contributed by atoms with Crippen molar-refractivity contribution in [2.24, 2.45) is 0 Å². The van der Waals surface area contributed by atoms with Crippen LogP contribution in [-0.4, -0.2) is 54.1 Å². The number of aromatic nitrogens is 1. The molecule has 3 aromatic rings. The van der Waals surface area contributed by atoms with Gasteiger partial charge in [-0.15, -0.1) is 24.8 Å². The molecule has 0 atom stereocenters. The van der Waals surface area contributed by atoms with Crippen molar-refractivity contribution in [1.82, 2.24) is 9.88 Å². The zero-order valence-corrected chi connectivity index (χ0v) is 18.1. The van der Waals surface area contributed by atoms with Crippen LogP contribution >= 0.6 is 24.8 Å². The fraction of sp³-hybridized carbons (Fsp3) is 0.286. The molecule has 1 saturated heterocycles. The number of non-ortho nitro benzene ring substituents is 1. The van der Waals surface area contributed by atoms with Crippen molar-refractivity contribution in [3.05, 3.63) is 70.8 Å². The van der Waals surface area contributed by atoms with E-state index in [0.717, 1.165) is 56.0 Å². The Morgan fingerprint density at radius 3 is 2.40 bits per heavy atom. The molecule has 1 aromatic heterocycles. The summed E-state index contributed by atoms with van der Waals surface area (Å²) in [5.41, 5.74) is 2.14. The fourth-order valence-electron chi connectivity index (χ4n) is 3.54. The number of hydrogen-bond acceptors (Lipinski definition) is 6. The molecule has 1 fully saturated rings. The van der Waals surface area contributed by atoms with Gasteiger partial charge in [-0.3, -0.25) is 15.0 Å². The molecule has 0 spiro atoms. The number of nitro benzene ring substituents is 1. The van der Waals surface area contributed by atoms with Gasteiger partial charge >= 0.3 is 0 Å². The number of nitrogens with one attached hydrogen (secondary N) is 1. The smallest absolute Gasteiger partial charge is 0.270 e. The average molecular weight is 450 g/mol. The third-order valence-electron chi connectivity index (χ3n) is 5.11. The lowest BCUT2D eigenvalue weighted by molar-refractivity contribution is -0.384. The molecule has 0 bridgehead atoms. The summed E-state index contributed by atoms with van der Waals surface area (Å²) in [6.07, 6.45) is 0. The summed E-state index contributed by atoms with van der Waals surface area (Å²) in [6.45, 7) is 5.95. The number of rotatable bonds is 6. The van der Waals surface area contributed by atoms with E-state index in [1.165, 1.54) is 11.8 Å². The number of hydrogen-bond donors (Lipinski definition) is 1. The Morgan fingerprint density at radius 2 is 1.70 bits per heavy atom. The molecule has 160 valence electrons. The third kappa shape index (κ3) is 5.72. The number of piperazine rings is 1. The monoisotopic (exact) mass is 449 g/mol. The van der Waals surface area contributed by atoms with Gasteiger partial charge in [0.2, 0.25) is 0 Å². The van der Waals surface area contributed by atoms with E-state index in [4.69, 9.17) is 0 Å². The predicted molar refractivity (Wildman–Crippen MR) is 126 cm³/mol. The van der Waals surface area contributed by atoms with Crippen molar-refractivity contribution >= 4 is 52.9 Å². The van der Waals surface area contributed by atoms with Crippen LogP contribution in [0.25, 0.3) is 10.9 Å². The molecule has 9 heteroatoms. The first kappa shape index (κ1) is 23.7. The maximum atomic E-state index is 10.9. The topological polar surface area (TPSA) is 74.5 Å². The highest BCUT2D eigenvalue weighted by molar-refractivity contribution is 5.85. The van der Waals surface area contributed by atoms with Crippen LogP contribution < -0.4 is 10.2 Å². The lowest BCUT2D eigenvalue weighted by atomic mass is 10.2. The zero-order valence-electron chi connectivity index (χ0n) is 16.4. The van der Waals surface area contributed by atoms with Gasteiger partial charge in [-0.1, -0.05) is 18.2 Å². The lowest BCUT2D eigenvalue weighted by Crippen LogP contribution is -2.47. The van der Waals surface area contributed by atoms with Crippen LogP contribution in [-0.2, 0) is 0 Å². The first-order valence-corrected chi connectivity index (χ1v) is 9.50. The minimum absolute atomic E-state index is 0. The second-order valence-electron chi connectivity index (χ2n) is 6.92. The molecule has 0 saturated carbocycles. The Bertz CT molecular complexity index is 966. The van der Waals surface area contributed by atoms with Crippen molar-refractivity contribution in [2.45, 2.75) is 0 Å². The molecule has 0 amide bonds. The standard InChI is InChI=1S/C21H23N5O2.2ClH/c27-26(28)19-7-8-20-17(16-19)6-9-21(23-20)22-10-11-24-12-14-25(15-13-24)18-4-2-1-3-5-18;;/h1-9,16H,10-15H2,(H,22,23);2*1H. The van der Waals surface area contributed by atoms with E-state index in [2.05, 4.69) is 44.4 Å². The molecule has 1 N–H and O–H groups in total. The van der Waals surface area contributed by atoms with Crippen LogP contribution in [0.4, 0.5) is 17.2 Å². The van der Waals surface area contributed by atoms with Crippen molar-refractivity contribution in [1.29, 1.82) is 0 Å². The second-order valence-corrected chi connectivity index (χ2v) is 6.92. The van der Waals surface area contributed by atoms with Crippen molar-refractivity contribution in [2.75, 3.05) is 49.5 Å². The summed E-state index contributed by atoms with van der Waals surface area (Å²) in [5.74, 6) is 0.796. The summed E-state index contributed by atoms with van der Waals surface area (Å²) < 4.78 is 0. The number of nitro groups is 1. The Balaban J connectivity index is 0.00000160. The van der Waals surface area contributed by atoms with Gasteiger partial charge in [0.05, 0.1) is 10.4 Å². The summed E-state index contributed by atoms with van der Waals surface area (Å²) in [4.78, 5) is 19.9. The van der Waals surface area contributed by atoms with Gasteiger partial charge in [-0.05, 0) is 30.3 Å². The van der Waals surface area contributed by atoms with Gasteiger partial charge in [0.15, 0.2) is 0 Å². The highest BCUT2D eigenvalue weighted by Gasteiger charge is 2.16. The summed E-state index contributed by atoms with van der Waals surface area (Å²) in [5, 5.41) is 15.0. The summed E-state index contributed by atoms with van der Waals surface area (Å²) in [6, 6.07) is 19.0. The number of benzene rings is 2. The number of nitrogens with zero attached hydrogens (tertiary/aromatic N) is 4. The maximum absolute atomic E-state index is 10.9. The van der Waals surface area contributed by atoms with E-state index in [-0.39, 0.29) is 35.4 Å². The number of pyridine rings is 1. The first-order valence-electron chi connectivity index (χ1n) is 9.50. The minimum atomic E-state index is -0.386. The van der Waals surface area contributed by atoms with Crippen molar-refractivity contribution < 1.29 is 4.92 Å².